The van der Waals surface area contributed by atoms with Crippen LogP contribution < -0.4 is 11.3 Å². The predicted molar refractivity (Wildman–Crippen MR) is 125 cm³/mol. The minimum atomic E-state index is -1.93. The Labute approximate surface area is 200 Å². The number of benzene rings is 1. The zero-order valence-corrected chi connectivity index (χ0v) is 19.6. The van der Waals surface area contributed by atoms with Crippen molar-refractivity contribution >= 4 is 16.9 Å². The molecule has 0 amide bonds. The topological polar surface area (TPSA) is 128 Å². The summed E-state index contributed by atoms with van der Waals surface area (Å²) in [6.45, 7) is 3.26. The Bertz CT molecular complexity index is 1530. The number of aromatic nitrogens is 2. The first-order valence-electron chi connectivity index (χ1n) is 11.9. The fraction of sp³-hybridized carbons (Fsp3) is 0.423. The molecular weight excluding hydrogens is 453 g/mol. The molecule has 0 spiro atoms. The van der Waals surface area contributed by atoms with Crippen molar-refractivity contribution in [3.05, 3.63) is 61.7 Å². The van der Waals surface area contributed by atoms with Gasteiger partial charge in [0.15, 0.2) is 5.60 Å². The van der Waals surface area contributed by atoms with Gasteiger partial charge in [-0.2, -0.15) is 0 Å². The highest BCUT2D eigenvalue weighted by molar-refractivity contribution is 5.93. The highest BCUT2D eigenvalue weighted by Crippen LogP contribution is 2.48. The average molecular weight is 480 g/mol. The molecule has 0 saturated heterocycles. The first-order chi connectivity index (χ1) is 16.6. The predicted octanol–water partition coefficient (Wildman–Crippen LogP) is 2.01. The zero-order valence-electron chi connectivity index (χ0n) is 19.6. The molecule has 0 radical (unpaired) electrons. The monoisotopic (exact) mass is 479 g/mol. The van der Waals surface area contributed by atoms with E-state index in [9.17, 15) is 24.2 Å². The van der Waals surface area contributed by atoms with Gasteiger partial charge in [0, 0.05) is 34.7 Å². The van der Waals surface area contributed by atoms with Gasteiger partial charge in [0.1, 0.15) is 12.4 Å². The van der Waals surface area contributed by atoms with E-state index < -0.39 is 17.1 Å². The number of halogens is 1. The van der Waals surface area contributed by atoms with Crippen LogP contribution >= 0.6 is 0 Å². The number of cyclic esters (lactones) is 1. The van der Waals surface area contributed by atoms with Crippen molar-refractivity contribution in [3.63, 3.8) is 0 Å². The number of aryl methyl sites for hydroxylation is 1. The molecule has 6 rings (SSSR count). The number of nitrogens with zero attached hydrogens (tertiary/aromatic N) is 2. The van der Waals surface area contributed by atoms with Crippen LogP contribution in [0.2, 0.25) is 0 Å². The summed E-state index contributed by atoms with van der Waals surface area (Å²) in [5, 5.41) is 21.7. The van der Waals surface area contributed by atoms with Gasteiger partial charge in [0.25, 0.3) is 5.56 Å². The number of nitrogens with two attached hydrogens (primary N) is 1. The second-order valence-corrected chi connectivity index (χ2v) is 9.90. The average Bonchev–Trinajstić information content (AvgIpc) is 3.19. The van der Waals surface area contributed by atoms with Crippen LogP contribution in [0, 0.1) is 12.7 Å². The first-order valence-corrected chi connectivity index (χ1v) is 11.9. The molecule has 2 aliphatic heterocycles. The molecule has 3 aromatic rings. The number of hydrogen-bond donors (Lipinski definition) is 3. The molecule has 3 aliphatic rings. The van der Waals surface area contributed by atoms with Crippen molar-refractivity contribution in [2.75, 3.05) is 6.61 Å². The van der Waals surface area contributed by atoms with E-state index in [0.717, 1.165) is 22.1 Å². The molecular formula is C26H26FN3O5. The third kappa shape index (κ3) is 2.74. The molecule has 1 aliphatic carbocycles. The van der Waals surface area contributed by atoms with E-state index in [1.54, 1.807) is 24.5 Å². The van der Waals surface area contributed by atoms with E-state index in [-0.39, 0.29) is 48.7 Å². The van der Waals surface area contributed by atoms with E-state index in [2.05, 4.69) is 0 Å². The maximum atomic E-state index is 14.9. The Morgan fingerprint density at radius 2 is 2.03 bits per heavy atom. The smallest absolute Gasteiger partial charge is 0.343 e. The summed E-state index contributed by atoms with van der Waals surface area (Å²) in [7, 11) is 0. The summed E-state index contributed by atoms with van der Waals surface area (Å²) < 4.78 is 21.6. The highest BCUT2D eigenvalue weighted by Gasteiger charge is 2.46. The zero-order chi connectivity index (χ0) is 24.9. The molecule has 4 N–H and O–H groups in total. The number of aliphatic hydroxyl groups excluding tert-OH is 1. The summed E-state index contributed by atoms with van der Waals surface area (Å²) in [5.41, 5.74) is 8.52. The number of esters is 1. The molecule has 182 valence electrons. The second kappa shape index (κ2) is 7.19. The number of carbonyl (C=O) groups excluding carboxylic acids is 1. The van der Waals surface area contributed by atoms with E-state index >= 15 is 0 Å². The number of ether oxygens (including phenoxy) is 1. The molecule has 2 atom stereocenters. The van der Waals surface area contributed by atoms with Gasteiger partial charge < -0.3 is 25.3 Å². The van der Waals surface area contributed by atoms with Gasteiger partial charge in [-0.15, -0.1) is 0 Å². The van der Waals surface area contributed by atoms with E-state index in [1.807, 2.05) is 0 Å². The van der Waals surface area contributed by atoms with Crippen LogP contribution in [0.4, 0.5) is 4.39 Å². The minimum absolute atomic E-state index is 0.0429. The molecule has 1 aromatic carbocycles. The maximum absolute atomic E-state index is 14.9. The molecule has 8 nitrogen and oxygen atoms in total. The normalized spacial score (nSPS) is 24.2. The van der Waals surface area contributed by atoms with Crippen LogP contribution in [0.25, 0.3) is 22.3 Å². The summed E-state index contributed by atoms with van der Waals surface area (Å²) in [5.74, 6) is -1.15. The Morgan fingerprint density at radius 3 is 2.74 bits per heavy atom. The van der Waals surface area contributed by atoms with Crippen LogP contribution in [-0.2, 0) is 40.2 Å². The first kappa shape index (κ1) is 22.3. The van der Waals surface area contributed by atoms with Crippen molar-refractivity contribution in [1.82, 2.24) is 9.55 Å². The Morgan fingerprint density at radius 1 is 1.26 bits per heavy atom. The van der Waals surface area contributed by atoms with E-state index in [1.165, 1.54) is 6.07 Å². The van der Waals surface area contributed by atoms with Crippen LogP contribution in [-0.4, -0.2) is 32.3 Å². The third-order valence-corrected chi connectivity index (χ3v) is 8.18. The van der Waals surface area contributed by atoms with Gasteiger partial charge in [0.05, 0.1) is 29.0 Å². The molecule has 0 saturated carbocycles. The number of hydrogen-bond acceptors (Lipinski definition) is 7. The lowest BCUT2D eigenvalue weighted by molar-refractivity contribution is -0.172. The van der Waals surface area contributed by atoms with Gasteiger partial charge >= 0.3 is 5.97 Å². The number of rotatable bonds is 3. The van der Waals surface area contributed by atoms with Gasteiger partial charge in [-0.3, -0.25) is 4.79 Å². The maximum Gasteiger partial charge on any atom is 0.343 e. The summed E-state index contributed by atoms with van der Waals surface area (Å²) >= 11 is 0. The van der Waals surface area contributed by atoms with E-state index in [0.29, 0.717) is 41.7 Å². The van der Waals surface area contributed by atoms with Crippen LogP contribution in [0.15, 0.2) is 16.9 Å². The van der Waals surface area contributed by atoms with Crippen LogP contribution in [0.3, 0.4) is 0 Å². The van der Waals surface area contributed by atoms with Crippen LogP contribution in [0.5, 0.6) is 0 Å². The number of carbonyl (C=O) groups is 1. The highest BCUT2D eigenvalue weighted by atomic mass is 19.1. The number of fused-ring (bicyclic) bond motifs is 5. The third-order valence-electron chi connectivity index (χ3n) is 8.18. The van der Waals surface area contributed by atoms with Gasteiger partial charge in [0.2, 0.25) is 0 Å². The van der Waals surface area contributed by atoms with Crippen molar-refractivity contribution in [1.29, 1.82) is 0 Å². The molecule has 2 aromatic heterocycles. The second-order valence-electron chi connectivity index (χ2n) is 9.90. The van der Waals surface area contributed by atoms with Crippen molar-refractivity contribution in [3.8, 4) is 11.4 Å². The number of aliphatic hydroxyl groups is 2. The largest absolute Gasteiger partial charge is 0.458 e. The molecule has 0 bridgehead atoms. The lowest BCUT2D eigenvalue weighted by Gasteiger charge is -2.37. The molecule has 9 heteroatoms. The van der Waals surface area contributed by atoms with Crippen LogP contribution in [0.1, 0.15) is 59.6 Å². The lowest BCUT2D eigenvalue weighted by Crippen LogP contribution is -2.44. The van der Waals surface area contributed by atoms with Gasteiger partial charge in [-0.25, -0.2) is 14.2 Å². The molecule has 4 heterocycles. The molecule has 1 unspecified atom stereocenters. The van der Waals surface area contributed by atoms with Gasteiger partial charge in [-0.05, 0) is 55.4 Å². The summed E-state index contributed by atoms with van der Waals surface area (Å²) in [6, 6.07) is 3.03. The molecule has 0 fully saturated rings. The van der Waals surface area contributed by atoms with Crippen molar-refractivity contribution in [2.45, 2.75) is 63.8 Å². The Balaban J connectivity index is 1.71. The minimum Gasteiger partial charge on any atom is -0.458 e. The van der Waals surface area contributed by atoms with Crippen molar-refractivity contribution < 1.29 is 24.1 Å². The standard InChI is InChI=1S/C26H26FN3O5/c1-3-26(34)16-8-19-22-14(10-30(19)23(32)15(16)11-35-24(26)33)21-20-13(4-5-25(21,28)6-7-31)12(2)17(27)9-18(20)29-22/h8-9,31,34H,3-7,10-11,28H2,1-2H3/t25?,26-/m0/s1. The fourth-order valence-electron chi connectivity index (χ4n) is 6.17. The molecule has 35 heavy (non-hydrogen) atoms. The Kier molecular flexibility index (Phi) is 4.59. The fourth-order valence-corrected chi connectivity index (χ4v) is 6.17. The summed E-state index contributed by atoms with van der Waals surface area (Å²) in [6.07, 6.45) is 1.44. The lowest BCUT2D eigenvalue weighted by atomic mass is 9.72. The quantitative estimate of drug-likeness (QED) is 0.384. The van der Waals surface area contributed by atoms with Gasteiger partial charge in [-0.1, -0.05) is 6.92 Å². The summed E-state index contributed by atoms with van der Waals surface area (Å²) in [4.78, 5) is 30.8. The van der Waals surface area contributed by atoms with E-state index in [4.69, 9.17) is 15.5 Å². The van der Waals surface area contributed by atoms with Crippen molar-refractivity contribution in [2.24, 2.45) is 5.73 Å². The SMILES string of the molecule is CC[C@@]1(O)C(=O)OCc2c1cc1n(c2=O)Cc2c-1nc1cc(F)c(C)c3c1c2C(N)(CCO)CC3. The Hall–Kier alpha value is -3.14. The number of pyridine rings is 2.